The number of fused-ring (bicyclic) bond motifs is 1. The van der Waals surface area contributed by atoms with Gasteiger partial charge in [-0.3, -0.25) is 4.79 Å². The number of nitrogens with one attached hydrogen (secondary N) is 2. The van der Waals surface area contributed by atoms with Gasteiger partial charge in [-0.2, -0.15) is 0 Å². The Hall–Kier alpha value is -2.97. The lowest BCUT2D eigenvalue weighted by atomic mass is 10.1. The molecule has 1 aliphatic rings. The van der Waals surface area contributed by atoms with Gasteiger partial charge in [-0.05, 0) is 37.1 Å². The summed E-state index contributed by atoms with van der Waals surface area (Å²) < 4.78 is 15.1. The zero-order chi connectivity index (χ0) is 18.5. The maximum Gasteiger partial charge on any atom is 0.315 e. The van der Waals surface area contributed by atoms with E-state index in [-0.39, 0.29) is 24.3 Å². The molecule has 0 spiro atoms. The molecule has 0 fully saturated rings. The molecule has 3 N–H and O–H groups in total. The summed E-state index contributed by atoms with van der Waals surface area (Å²) in [7, 11) is 0. The van der Waals surface area contributed by atoms with Gasteiger partial charge in [-0.25, -0.2) is 9.18 Å². The van der Waals surface area contributed by atoms with Crippen molar-refractivity contribution in [3.05, 3.63) is 35.9 Å². The summed E-state index contributed by atoms with van der Waals surface area (Å²) in [6.07, 6.45) is 1.83. The zero-order valence-electron chi connectivity index (χ0n) is 14.1. The number of aromatic nitrogens is 3. The van der Waals surface area contributed by atoms with Gasteiger partial charge in [0.15, 0.2) is 5.82 Å². The highest BCUT2D eigenvalue weighted by Gasteiger charge is 2.24. The number of carboxylic acid groups (broad SMARTS) is 1. The summed E-state index contributed by atoms with van der Waals surface area (Å²) in [6, 6.07) is 5.65. The van der Waals surface area contributed by atoms with E-state index in [2.05, 4.69) is 20.8 Å². The molecule has 0 aliphatic carbocycles. The smallest absolute Gasteiger partial charge is 0.315 e. The van der Waals surface area contributed by atoms with Crippen LogP contribution in [0.5, 0.6) is 0 Å². The minimum atomic E-state index is -0.882. The van der Waals surface area contributed by atoms with E-state index in [0.717, 1.165) is 17.8 Å². The fourth-order valence-corrected chi connectivity index (χ4v) is 2.94. The first-order chi connectivity index (χ1) is 12.5. The van der Waals surface area contributed by atoms with E-state index in [9.17, 15) is 14.0 Å². The Balaban J connectivity index is 1.59. The number of hydrogen-bond donors (Lipinski definition) is 3. The number of amides is 2. The van der Waals surface area contributed by atoms with E-state index < -0.39 is 5.97 Å². The number of carbonyl (C=O) groups excluding carboxylic acids is 1. The van der Waals surface area contributed by atoms with Gasteiger partial charge in [0, 0.05) is 37.5 Å². The van der Waals surface area contributed by atoms with Crippen LogP contribution in [-0.2, 0) is 17.8 Å². The average molecular weight is 361 g/mol. The van der Waals surface area contributed by atoms with E-state index in [0.29, 0.717) is 31.8 Å². The number of aryl methyl sites for hydroxylation is 1. The predicted molar refractivity (Wildman–Crippen MR) is 90.9 cm³/mol. The zero-order valence-corrected chi connectivity index (χ0v) is 14.1. The van der Waals surface area contributed by atoms with Crippen LogP contribution in [-0.4, -0.2) is 44.5 Å². The van der Waals surface area contributed by atoms with E-state index in [1.54, 1.807) is 12.1 Å². The van der Waals surface area contributed by atoms with Gasteiger partial charge in [0.25, 0.3) is 0 Å². The van der Waals surface area contributed by atoms with Crippen LogP contribution >= 0.6 is 0 Å². The number of carboxylic acids is 1. The van der Waals surface area contributed by atoms with Crippen LogP contribution in [0, 0.1) is 5.82 Å². The average Bonchev–Trinajstić information content (AvgIpc) is 3.02. The molecule has 2 aromatic rings. The van der Waals surface area contributed by atoms with Gasteiger partial charge in [0.1, 0.15) is 11.6 Å². The molecule has 2 amide bonds. The van der Waals surface area contributed by atoms with Gasteiger partial charge in [0.05, 0.1) is 0 Å². The second kappa shape index (κ2) is 7.94. The van der Waals surface area contributed by atoms with Gasteiger partial charge >= 0.3 is 12.0 Å². The monoisotopic (exact) mass is 361 g/mol. The molecule has 2 heterocycles. The first-order valence-electron chi connectivity index (χ1n) is 8.47. The van der Waals surface area contributed by atoms with Crippen LogP contribution < -0.4 is 10.6 Å². The second-order valence-corrected chi connectivity index (χ2v) is 6.19. The summed E-state index contributed by atoms with van der Waals surface area (Å²) in [5, 5.41) is 22.5. The minimum Gasteiger partial charge on any atom is -0.481 e. The first kappa shape index (κ1) is 17.8. The molecule has 1 atom stereocenters. The van der Waals surface area contributed by atoms with Crippen LogP contribution in [0.25, 0.3) is 11.4 Å². The Morgan fingerprint density at radius 3 is 2.77 bits per heavy atom. The summed E-state index contributed by atoms with van der Waals surface area (Å²) in [5.74, 6) is 0.289. The number of rotatable bonds is 6. The van der Waals surface area contributed by atoms with Crippen LogP contribution in [0.1, 0.15) is 25.1 Å². The Bertz CT molecular complexity index is 790. The number of nitrogens with zero attached hydrogens (tertiary/aromatic N) is 3. The lowest BCUT2D eigenvalue weighted by Gasteiger charge is -2.25. The van der Waals surface area contributed by atoms with Crippen molar-refractivity contribution in [2.45, 2.75) is 38.3 Å². The van der Waals surface area contributed by atoms with Crippen LogP contribution in [0.2, 0.25) is 0 Å². The van der Waals surface area contributed by atoms with Crippen molar-refractivity contribution in [2.75, 3.05) is 6.54 Å². The Morgan fingerprint density at radius 1 is 1.27 bits per heavy atom. The normalized spacial score (nSPS) is 16.0. The molecule has 1 unspecified atom stereocenters. The number of benzene rings is 1. The predicted octanol–water partition coefficient (Wildman–Crippen LogP) is 1.56. The number of urea groups is 1. The van der Waals surface area contributed by atoms with Gasteiger partial charge in [-0.1, -0.05) is 0 Å². The van der Waals surface area contributed by atoms with Crippen LogP contribution in [0.3, 0.4) is 0 Å². The van der Waals surface area contributed by atoms with E-state index in [1.807, 2.05) is 4.57 Å². The van der Waals surface area contributed by atoms with Gasteiger partial charge in [0.2, 0.25) is 0 Å². The number of hydrogen-bond acceptors (Lipinski definition) is 4. The summed E-state index contributed by atoms with van der Waals surface area (Å²) in [5.41, 5.74) is 0.768. The SMILES string of the molecule is O=C(O)CCCNC(=O)NC1CCc2nnc(-c3ccc(F)cc3)n2C1. The molecule has 1 aromatic heterocycles. The third-order valence-electron chi connectivity index (χ3n) is 4.24. The number of aliphatic carboxylic acids is 1. The maximum atomic E-state index is 13.1. The fourth-order valence-electron chi connectivity index (χ4n) is 2.94. The fraction of sp³-hybridized carbons (Fsp3) is 0.412. The number of halogens is 1. The molecular formula is C17H20FN5O3. The second-order valence-electron chi connectivity index (χ2n) is 6.19. The van der Waals surface area contributed by atoms with Gasteiger partial charge in [-0.15, -0.1) is 10.2 Å². The van der Waals surface area contributed by atoms with Crippen molar-refractivity contribution in [1.29, 1.82) is 0 Å². The molecular weight excluding hydrogens is 341 g/mol. The van der Waals surface area contributed by atoms with Gasteiger partial charge < -0.3 is 20.3 Å². The molecule has 1 aromatic carbocycles. The quantitative estimate of drug-likeness (QED) is 0.677. The van der Waals surface area contributed by atoms with Crippen molar-refractivity contribution in [3.8, 4) is 11.4 Å². The Kier molecular flexibility index (Phi) is 5.45. The van der Waals surface area contributed by atoms with Crippen LogP contribution in [0.15, 0.2) is 24.3 Å². The standard InChI is InChI=1S/C17H20FN5O3/c18-12-5-3-11(4-6-12)16-22-21-14-8-7-13(10-23(14)16)20-17(26)19-9-1-2-15(24)25/h3-6,13H,1-2,7-10H2,(H,24,25)(H2,19,20,26). The molecule has 3 rings (SSSR count). The molecule has 138 valence electrons. The van der Waals surface area contributed by atoms with E-state index in [1.165, 1.54) is 12.1 Å². The summed E-state index contributed by atoms with van der Waals surface area (Å²) in [4.78, 5) is 22.4. The van der Waals surface area contributed by atoms with Crippen LogP contribution in [0.4, 0.5) is 9.18 Å². The summed E-state index contributed by atoms with van der Waals surface area (Å²) in [6.45, 7) is 0.834. The van der Waals surface area contributed by atoms with Crippen molar-refractivity contribution in [3.63, 3.8) is 0 Å². The van der Waals surface area contributed by atoms with E-state index >= 15 is 0 Å². The Morgan fingerprint density at radius 2 is 2.04 bits per heavy atom. The molecule has 0 saturated carbocycles. The third-order valence-corrected chi connectivity index (χ3v) is 4.24. The Labute approximate surface area is 149 Å². The largest absolute Gasteiger partial charge is 0.481 e. The van der Waals surface area contributed by atoms with Crippen molar-refractivity contribution in [1.82, 2.24) is 25.4 Å². The third kappa shape index (κ3) is 4.35. The molecule has 26 heavy (non-hydrogen) atoms. The highest BCUT2D eigenvalue weighted by molar-refractivity contribution is 5.74. The lowest BCUT2D eigenvalue weighted by Crippen LogP contribution is -2.46. The van der Waals surface area contributed by atoms with Crippen molar-refractivity contribution in [2.24, 2.45) is 0 Å². The molecule has 8 nitrogen and oxygen atoms in total. The maximum absolute atomic E-state index is 13.1. The molecule has 0 radical (unpaired) electrons. The molecule has 9 heteroatoms. The van der Waals surface area contributed by atoms with Crippen molar-refractivity contribution < 1.29 is 19.1 Å². The number of carbonyl (C=O) groups is 2. The first-order valence-corrected chi connectivity index (χ1v) is 8.47. The topological polar surface area (TPSA) is 109 Å². The van der Waals surface area contributed by atoms with E-state index in [4.69, 9.17) is 5.11 Å². The lowest BCUT2D eigenvalue weighted by molar-refractivity contribution is -0.137. The highest BCUT2D eigenvalue weighted by atomic mass is 19.1. The molecule has 0 saturated heterocycles. The molecule has 0 bridgehead atoms. The summed E-state index contributed by atoms with van der Waals surface area (Å²) >= 11 is 0. The molecule has 1 aliphatic heterocycles. The minimum absolute atomic E-state index is 0.0226. The van der Waals surface area contributed by atoms with Crippen molar-refractivity contribution >= 4 is 12.0 Å². The highest BCUT2D eigenvalue weighted by Crippen LogP contribution is 2.23.